The highest BCUT2D eigenvalue weighted by Crippen LogP contribution is 2.25. The molecule has 0 aromatic heterocycles. The topological polar surface area (TPSA) is 20.2 Å². The SMILES string of the molecule is C=CC(O)C1CCCCCCC1. The molecule has 0 bridgehead atoms. The quantitative estimate of drug-likeness (QED) is 0.629. The van der Waals surface area contributed by atoms with Gasteiger partial charge in [0.05, 0.1) is 6.10 Å². The molecular formula is C11H20O. The van der Waals surface area contributed by atoms with E-state index in [4.69, 9.17) is 0 Å². The number of hydrogen-bond acceptors (Lipinski definition) is 1. The maximum Gasteiger partial charge on any atom is 0.0746 e. The predicted molar refractivity (Wildman–Crippen MR) is 52.0 cm³/mol. The highest BCUT2D eigenvalue weighted by molar-refractivity contribution is 4.84. The fourth-order valence-electron chi connectivity index (χ4n) is 2.02. The zero-order valence-electron chi connectivity index (χ0n) is 7.84. The van der Waals surface area contributed by atoms with Crippen molar-refractivity contribution < 1.29 is 5.11 Å². The summed E-state index contributed by atoms with van der Waals surface area (Å²) in [6, 6.07) is 0. The number of rotatable bonds is 2. The summed E-state index contributed by atoms with van der Waals surface area (Å²) in [5, 5.41) is 9.58. The van der Waals surface area contributed by atoms with Crippen molar-refractivity contribution in [3.05, 3.63) is 12.7 Å². The molecule has 1 heteroatoms. The lowest BCUT2D eigenvalue weighted by atomic mass is 9.87. The van der Waals surface area contributed by atoms with Crippen LogP contribution in [0.2, 0.25) is 0 Å². The van der Waals surface area contributed by atoms with Gasteiger partial charge in [-0.25, -0.2) is 0 Å². The second-order valence-electron chi connectivity index (χ2n) is 3.83. The molecule has 1 unspecified atom stereocenters. The average molecular weight is 168 g/mol. The Labute approximate surface area is 75.5 Å². The largest absolute Gasteiger partial charge is 0.389 e. The predicted octanol–water partition coefficient (Wildman–Crippen LogP) is 2.89. The second kappa shape index (κ2) is 5.36. The standard InChI is InChI=1S/C11H20O/c1-2-11(12)10-8-6-4-3-5-7-9-10/h2,10-12H,1,3-9H2. The molecule has 1 atom stereocenters. The van der Waals surface area contributed by atoms with Crippen LogP contribution in [0.4, 0.5) is 0 Å². The molecule has 1 fully saturated rings. The molecule has 1 aliphatic rings. The monoisotopic (exact) mass is 168 g/mol. The first-order valence-corrected chi connectivity index (χ1v) is 5.15. The molecule has 12 heavy (non-hydrogen) atoms. The second-order valence-corrected chi connectivity index (χ2v) is 3.83. The van der Waals surface area contributed by atoms with Gasteiger partial charge < -0.3 is 5.11 Å². The number of hydrogen-bond donors (Lipinski definition) is 1. The van der Waals surface area contributed by atoms with Gasteiger partial charge in [-0.2, -0.15) is 0 Å². The average Bonchev–Trinajstić information content (AvgIpc) is 2.02. The third-order valence-electron chi connectivity index (χ3n) is 2.87. The molecule has 0 radical (unpaired) electrons. The Balaban J connectivity index is 2.33. The van der Waals surface area contributed by atoms with Crippen molar-refractivity contribution in [1.29, 1.82) is 0 Å². The maximum atomic E-state index is 9.58. The summed E-state index contributed by atoms with van der Waals surface area (Å²) in [5.74, 6) is 0.489. The zero-order chi connectivity index (χ0) is 8.81. The summed E-state index contributed by atoms with van der Waals surface area (Å²) in [5.41, 5.74) is 0. The normalized spacial score (nSPS) is 24.1. The Bertz CT molecular complexity index is 123. The van der Waals surface area contributed by atoms with Crippen molar-refractivity contribution in [2.45, 2.75) is 51.0 Å². The van der Waals surface area contributed by atoms with Crippen LogP contribution in [0.1, 0.15) is 44.9 Å². The molecule has 1 rings (SSSR count). The molecule has 70 valence electrons. The lowest BCUT2D eigenvalue weighted by Gasteiger charge is -2.22. The molecule has 0 heterocycles. The van der Waals surface area contributed by atoms with E-state index in [0.717, 1.165) is 0 Å². The molecule has 1 saturated carbocycles. The van der Waals surface area contributed by atoms with Gasteiger partial charge in [-0.3, -0.25) is 0 Å². The van der Waals surface area contributed by atoms with Crippen molar-refractivity contribution in [3.8, 4) is 0 Å². The van der Waals surface area contributed by atoms with E-state index in [1.807, 2.05) is 0 Å². The van der Waals surface area contributed by atoms with Crippen LogP contribution in [0.5, 0.6) is 0 Å². The van der Waals surface area contributed by atoms with E-state index in [2.05, 4.69) is 6.58 Å². The minimum absolute atomic E-state index is 0.261. The van der Waals surface area contributed by atoms with Gasteiger partial charge in [-0.1, -0.05) is 38.2 Å². The van der Waals surface area contributed by atoms with Crippen LogP contribution >= 0.6 is 0 Å². The van der Waals surface area contributed by atoms with Gasteiger partial charge in [-0.15, -0.1) is 6.58 Å². The Morgan fingerprint density at radius 1 is 1.08 bits per heavy atom. The molecule has 0 spiro atoms. The van der Waals surface area contributed by atoms with Gasteiger partial charge in [0, 0.05) is 0 Å². The molecule has 0 saturated heterocycles. The minimum atomic E-state index is -0.261. The van der Waals surface area contributed by atoms with E-state index in [0.29, 0.717) is 5.92 Å². The minimum Gasteiger partial charge on any atom is -0.389 e. The summed E-state index contributed by atoms with van der Waals surface area (Å²) in [7, 11) is 0. The summed E-state index contributed by atoms with van der Waals surface area (Å²) >= 11 is 0. The van der Waals surface area contributed by atoms with Gasteiger partial charge in [0.1, 0.15) is 0 Å². The molecule has 0 amide bonds. The molecule has 1 aliphatic carbocycles. The van der Waals surface area contributed by atoms with E-state index in [9.17, 15) is 5.11 Å². The number of aliphatic hydroxyl groups is 1. The number of aliphatic hydroxyl groups excluding tert-OH is 1. The highest BCUT2D eigenvalue weighted by atomic mass is 16.3. The van der Waals surface area contributed by atoms with E-state index in [1.165, 1.54) is 44.9 Å². The molecule has 0 aliphatic heterocycles. The first-order chi connectivity index (χ1) is 5.84. The van der Waals surface area contributed by atoms with Crippen molar-refractivity contribution in [3.63, 3.8) is 0 Å². The Morgan fingerprint density at radius 2 is 1.58 bits per heavy atom. The smallest absolute Gasteiger partial charge is 0.0746 e. The van der Waals surface area contributed by atoms with Crippen molar-refractivity contribution in [2.75, 3.05) is 0 Å². The fraction of sp³-hybridized carbons (Fsp3) is 0.818. The van der Waals surface area contributed by atoms with Crippen LogP contribution in [0.15, 0.2) is 12.7 Å². The van der Waals surface area contributed by atoms with Crippen LogP contribution in [0.3, 0.4) is 0 Å². The van der Waals surface area contributed by atoms with Gasteiger partial charge >= 0.3 is 0 Å². The maximum absolute atomic E-state index is 9.58. The Hall–Kier alpha value is -0.300. The summed E-state index contributed by atoms with van der Waals surface area (Å²) in [4.78, 5) is 0. The first kappa shape index (κ1) is 9.79. The lowest BCUT2D eigenvalue weighted by Crippen LogP contribution is -2.18. The van der Waals surface area contributed by atoms with Gasteiger partial charge in [-0.05, 0) is 18.8 Å². The molecule has 0 aromatic rings. The van der Waals surface area contributed by atoms with E-state index in [1.54, 1.807) is 6.08 Å². The Kier molecular flexibility index (Phi) is 4.37. The van der Waals surface area contributed by atoms with E-state index >= 15 is 0 Å². The Morgan fingerprint density at radius 3 is 2.08 bits per heavy atom. The summed E-state index contributed by atoms with van der Waals surface area (Å²) < 4.78 is 0. The van der Waals surface area contributed by atoms with Crippen molar-refractivity contribution in [2.24, 2.45) is 5.92 Å². The van der Waals surface area contributed by atoms with E-state index < -0.39 is 0 Å². The molecular weight excluding hydrogens is 148 g/mol. The van der Waals surface area contributed by atoms with Crippen LogP contribution in [-0.2, 0) is 0 Å². The van der Waals surface area contributed by atoms with Crippen molar-refractivity contribution >= 4 is 0 Å². The van der Waals surface area contributed by atoms with Crippen LogP contribution in [0, 0.1) is 5.92 Å². The first-order valence-electron chi connectivity index (χ1n) is 5.15. The van der Waals surface area contributed by atoms with Crippen LogP contribution < -0.4 is 0 Å². The molecule has 1 nitrogen and oxygen atoms in total. The van der Waals surface area contributed by atoms with Crippen molar-refractivity contribution in [1.82, 2.24) is 0 Å². The van der Waals surface area contributed by atoms with Gasteiger partial charge in [0.2, 0.25) is 0 Å². The molecule has 0 aromatic carbocycles. The third-order valence-corrected chi connectivity index (χ3v) is 2.87. The van der Waals surface area contributed by atoms with Crippen LogP contribution in [0.25, 0.3) is 0 Å². The fourth-order valence-corrected chi connectivity index (χ4v) is 2.02. The lowest BCUT2D eigenvalue weighted by molar-refractivity contribution is 0.133. The summed E-state index contributed by atoms with van der Waals surface area (Å²) in [6.45, 7) is 3.64. The van der Waals surface area contributed by atoms with Gasteiger partial charge in [0.15, 0.2) is 0 Å². The molecule has 1 N–H and O–H groups in total. The van der Waals surface area contributed by atoms with Gasteiger partial charge in [0.25, 0.3) is 0 Å². The van der Waals surface area contributed by atoms with E-state index in [-0.39, 0.29) is 6.10 Å². The van der Waals surface area contributed by atoms with Crippen LogP contribution in [-0.4, -0.2) is 11.2 Å². The summed E-state index contributed by atoms with van der Waals surface area (Å²) in [6.07, 6.45) is 10.5. The highest BCUT2D eigenvalue weighted by Gasteiger charge is 2.16. The third kappa shape index (κ3) is 2.98. The zero-order valence-corrected chi connectivity index (χ0v) is 7.84.